The molecule has 0 aliphatic rings. The Hall–Kier alpha value is -3.72. The maximum absolute atomic E-state index is 12.0. The quantitative estimate of drug-likeness (QED) is 0.195. The Labute approximate surface area is 266 Å². The van der Waals surface area contributed by atoms with Crippen LogP contribution >= 0.6 is 11.6 Å². The number of carbonyl (C=O) groups excluding carboxylic acids is 1. The molecule has 8 nitrogen and oxygen atoms in total. The molecular weight excluding hydrogens is 576 g/mol. The molecule has 236 valence electrons. The van der Waals surface area contributed by atoms with Gasteiger partial charge < -0.3 is 19.9 Å². The number of hydrogen-bond acceptors (Lipinski definition) is 6. The zero-order chi connectivity index (χ0) is 32.3. The second kappa shape index (κ2) is 15.8. The summed E-state index contributed by atoms with van der Waals surface area (Å²) in [5.41, 5.74) is 4.04. The van der Waals surface area contributed by atoms with Crippen molar-refractivity contribution in [2.75, 3.05) is 14.2 Å². The third-order valence-corrected chi connectivity index (χ3v) is 8.06. The number of aromatic nitrogens is 3. The minimum atomic E-state index is -0.861. The normalized spacial score (nSPS) is 13.3. The van der Waals surface area contributed by atoms with Crippen LogP contribution in [0.1, 0.15) is 61.1 Å². The highest BCUT2D eigenvalue weighted by Crippen LogP contribution is 2.35. The predicted octanol–water partition coefficient (Wildman–Crippen LogP) is 6.66. The van der Waals surface area contributed by atoms with E-state index in [2.05, 4.69) is 21.5 Å². The Morgan fingerprint density at radius 2 is 1.77 bits per heavy atom. The summed E-state index contributed by atoms with van der Waals surface area (Å²) < 4.78 is 13.0. The lowest BCUT2D eigenvalue weighted by Crippen LogP contribution is -2.47. The summed E-state index contributed by atoms with van der Waals surface area (Å²) in [7, 11) is 3.13. The molecular formula is C35H45ClN4O4. The van der Waals surface area contributed by atoms with Crippen molar-refractivity contribution >= 4 is 17.5 Å². The first kappa shape index (κ1) is 34.8. The van der Waals surface area contributed by atoms with Gasteiger partial charge in [0.05, 0.1) is 12.1 Å². The molecule has 9 heteroatoms. The van der Waals surface area contributed by atoms with Crippen molar-refractivity contribution in [2.24, 2.45) is 5.41 Å². The molecule has 0 saturated carbocycles. The summed E-state index contributed by atoms with van der Waals surface area (Å²) in [6.45, 7) is 11.0. The van der Waals surface area contributed by atoms with Crippen molar-refractivity contribution in [2.45, 2.75) is 72.3 Å². The number of aliphatic hydroxyl groups is 1. The first-order valence-electron chi connectivity index (χ1n) is 14.7. The van der Waals surface area contributed by atoms with E-state index in [1.807, 2.05) is 95.3 Å². The van der Waals surface area contributed by atoms with Crippen LogP contribution in [0.3, 0.4) is 0 Å². The third kappa shape index (κ3) is 9.64. The largest absolute Gasteiger partial charge is 0.489 e. The standard InChI is InChI=1S/C19H23NO3.C16H22ClN3O/c1-13-9-10-14(2)17(11-13)23-12-15-7-5-6-8-16(15)18(22-4)19(21)20-3;1-15(2,3)16(21,10-20-12-18-11-19-20)9-8-13-4-6-14(17)7-5-13/h5-11,18H,12H2,1-4H3,(H,20,21);4-7,11-12,21H,8-10H2,1-3H3. The highest BCUT2D eigenvalue weighted by atomic mass is 35.5. The number of carbonyl (C=O) groups is 1. The van der Waals surface area contributed by atoms with Crippen molar-refractivity contribution in [1.29, 1.82) is 0 Å². The van der Waals surface area contributed by atoms with Gasteiger partial charge in [-0.3, -0.25) is 9.48 Å². The van der Waals surface area contributed by atoms with E-state index >= 15 is 0 Å². The summed E-state index contributed by atoms with van der Waals surface area (Å²) in [5, 5.41) is 18.6. The van der Waals surface area contributed by atoms with Crippen LogP contribution in [0.4, 0.5) is 0 Å². The fourth-order valence-corrected chi connectivity index (χ4v) is 4.85. The van der Waals surface area contributed by atoms with Crippen LogP contribution in [0.2, 0.25) is 5.02 Å². The van der Waals surface area contributed by atoms with Crippen molar-refractivity contribution in [3.8, 4) is 5.75 Å². The minimum absolute atomic E-state index is 0.174. The summed E-state index contributed by atoms with van der Waals surface area (Å²) in [5.74, 6) is 0.681. The van der Waals surface area contributed by atoms with Crippen molar-refractivity contribution < 1.29 is 19.4 Å². The highest BCUT2D eigenvalue weighted by molar-refractivity contribution is 6.30. The Kier molecular flexibility index (Phi) is 12.5. The highest BCUT2D eigenvalue weighted by Gasteiger charge is 2.40. The van der Waals surface area contributed by atoms with Crippen LogP contribution < -0.4 is 10.1 Å². The summed E-state index contributed by atoms with van der Waals surface area (Å²) in [4.78, 5) is 15.9. The molecule has 0 bridgehead atoms. The lowest BCUT2D eigenvalue weighted by molar-refractivity contribution is -0.130. The van der Waals surface area contributed by atoms with Crippen LogP contribution in [0.5, 0.6) is 5.75 Å². The lowest BCUT2D eigenvalue weighted by Gasteiger charge is -2.40. The average molecular weight is 621 g/mol. The number of nitrogens with zero attached hydrogens (tertiary/aromatic N) is 3. The molecule has 3 aromatic carbocycles. The van der Waals surface area contributed by atoms with E-state index in [0.717, 1.165) is 39.4 Å². The number of nitrogens with one attached hydrogen (secondary N) is 1. The first-order valence-corrected chi connectivity index (χ1v) is 15.1. The Bertz CT molecular complexity index is 1470. The van der Waals surface area contributed by atoms with Crippen LogP contribution in [-0.4, -0.2) is 45.5 Å². The van der Waals surface area contributed by atoms with Crippen molar-refractivity contribution in [1.82, 2.24) is 20.1 Å². The number of methoxy groups -OCH3 is 1. The van der Waals surface area contributed by atoms with Gasteiger partial charge in [0.15, 0.2) is 6.10 Å². The lowest BCUT2D eigenvalue weighted by atomic mass is 9.73. The van der Waals surface area contributed by atoms with Gasteiger partial charge >= 0.3 is 0 Å². The van der Waals surface area contributed by atoms with E-state index in [1.165, 1.54) is 19.0 Å². The second-order valence-electron chi connectivity index (χ2n) is 12.0. The number of aryl methyl sites for hydroxylation is 3. The number of ether oxygens (including phenoxy) is 2. The van der Waals surface area contributed by atoms with Crippen LogP contribution in [-0.2, 0) is 29.1 Å². The minimum Gasteiger partial charge on any atom is -0.489 e. The molecule has 2 N–H and O–H groups in total. The third-order valence-electron chi connectivity index (χ3n) is 7.81. The van der Waals surface area contributed by atoms with E-state index in [0.29, 0.717) is 19.6 Å². The molecule has 4 aromatic rings. The maximum atomic E-state index is 12.0. The molecule has 0 fully saturated rings. The van der Waals surface area contributed by atoms with Gasteiger partial charge in [0.2, 0.25) is 0 Å². The van der Waals surface area contributed by atoms with E-state index < -0.39 is 11.7 Å². The topological polar surface area (TPSA) is 98.5 Å². The number of likely N-dealkylation sites (N-methyl/N-ethyl adjacent to an activating group) is 1. The molecule has 1 amide bonds. The van der Waals surface area contributed by atoms with E-state index in [9.17, 15) is 9.90 Å². The summed E-state index contributed by atoms with van der Waals surface area (Å²) in [6.07, 6.45) is 3.93. The maximum Gasteiger partial charge on any atom is 0.253 e. The van der Waals surface area contributed by atoms with Gasteiger partial charge in [-0.05, 0) is 78.1 Å². The molecule has 4 rings (SSSR count). The number of benzene rings is 3. The van der Waals surface area contributed by atoms with Gasteiger partial charge in [-0.2, -0.15) is 5.10 Å². The summed E-state index contributed by atoms with van der Waals surface area (Å²) in [6, 6.07) is 21.6. The van der Waals surface area contributed by atoms with Crippen molar-refractivity contribution in [3.05, 3.63) is 112 Å². The van der Waals surface area contributed by atoms with E-state index in [4.69, 9.17) is 21.1 Å². The number of halogens is 1. The van der Waals surface area contributed by atoms with E-state index in [-0.39, 0.29) is 11.3 Å². The van der Waals surface area contributed by atoms with Gasteiger partial charge in [-0.1, -0.05) is 80.9 Å². The molecule has 2 unspecified atom stereocenters. The smallest absolute Gasteiger partial charge is 0.253 e. The Morgan fingerprint density at radius 3 is 2.39 bits per heavy atom. The van der Waals surface area contributed by atoms with Gasteiger partial charge in [0, 0.05) is 19.2 Å². The zero-order valence-electron chi connectivity index (χ0n) is 26.8. The molecule has 0 aliphatic carbocycles. The molecule has 1 heterocycles. The predicted molar refractivity (Wildman–Crippen MR) is 175 cm³/mol. The van der Waals surface area contributed by atoms with Gasteiger partial charge in [0.25, 0.3) is 5.91 Å². The number of rotatable bonds is 11. The summed E-state index contributed by atoms with van der Waals surface area (Å²) >= 11 is 5.90. The molecule has 0 aliphatic heterocycles. The Morgan fingerprint density at radius 1 is 1.07 bits per heavy atom. The number of hydrogen-bond donors (Lipinski definition) is 2. The monoisotopic (exact) mass is 620 g/mol. The molecule has 44 heavy (non-hydrogen) atoms. The fourth-order valence-electron chi connectivity index (χ4n) is 4.72. The van der Waals surface area contributed by atoms with Gasteiger partial charge in [-0.15, -0.1) is 0 Å². The Balaban J connectivity index is 0.000000241. The van der Waals surface area contributed by atoms with Gasteiger partial charge in [-0.25, -0.2) is 4.98 Å². The van der Waals surface area contributed by atoms with Crippen LogP contribution in [0.25, 0.3) is 0 Å². The van der Waals surface area contributed by atoms with Crippen LogP contribution in [0.15, 0.2) is 79.4 Å². The molecule has 0 saturated heterocycles. The van der Waals surface area contributed by atoms with Crippen LogP contribution in [0, 0.1) is 19.3 Å². The van der Waals surface area contributed by atoms with E-state index in [1.54, 1.807) is 18.1 Å². The fraction of sp³-hybridized carbons (Fsp3) is 0.400. The van der Waals surface area contributed by atoms with Gasteiger partial charge in [0.1, 0.15) is 25.0 Å². The zero-order valence-corrected chi connectivity index (χ0v) is 27.6. The SMILES string of the molecule is CC(C)(C)C(O)(CCc1ccc(Cl)cc1)Cn1cncn1.CNC(=O)C(OC)c1ccccc1COc1cc(C)ccc1C. The molecule has 0 spiro atoms. The molecule has 2 atom stereocenters. The second-order valence-corrected chi connectivity index (χ2v) is 12.4. The first-order chi connectivity index (χ1) is 20.9. The van der Waals surface area contributed by atoms with Crippen molar-refractivity contribution in [3.63, 3.8) is 0 Å². The molecule has 0 radical (unpaired) electrons. The molecule has 1 aromatic heterocycles. The average Bonchev–Trinajstić information content (AvgIpc) is 3.51. The number of amides is 1.